The number of amides is 1. The van der Waals surface area contributed by atoms with E-state index in [0.717, 1.165) is 12.8 Å². The topological polar surface area (TPSA) is 62.2 Å². The van der Waals surface area contributed by atoms with Crippen LogP contribution >= 0.6 is 0 Å². The first-order valence-electron chi connectivity index (χ1n) is 7.05. The van der Waals surface area contributed by atoms with Crippen molar-refractivity contribution in [1.29, 1.82) is 0 Å². The fourth-order valence-corrected chi connectivity index (χ4v) is 2.51. The lowest BCUT2D eigenvalue weighted by Gasteiger charge is -2.13. The summed E-state index contributed by atoms with van der Waals surface area (Å²) in [5.41, 5.74) is 1.18. The van der Waals surface area contributed by atoms with Crippen molar-refractivity contribution in [2.45, 2.75) is 38.6 Å². The van der Waals surface area contributed by atoms with Crippen LogP contribution in [-0.4, -0.2) is 28.6 Å². The van der Waals surface area contributed by atoms with Gasteiger partial charge in [-0.2, -0.15) is 0 Å². The molecule has 4 heteroatoms. The molecule has 1 saturated carbocycles. The van der Waals surface area contributed by atoms with Crippen LogP contribution in [0.4, 0.5) is 0 Å². The van der Waals surface area contributed by atoms with Gasteiger partial charge >= 0.3 is 0 Å². The Morgan fingerprint density at radius 3 is 3.10 bits per heavy atom. The number of aliphatic hydroxyl groups is 1. The molecule has 0 radical (unpaired) electrons. The molecule has 0 spiro atoms. The number of carbonyl (C=O) groups excluding carboxylic acids is 1. The van der Waals surface area contributed by atoms with Crippen molar-refractivity contribution < 1.29 is 9.90 Å². The van der Waals surface area contributed by atoms with Gasteiger partial charge in [-0.15, -0.1) is 0 Å². The maximum Gasteiger partial charge on any atom is 0.252 e. The number of nitrogens with one attached hydrogen (secondary N) is 1. The average molecular weight is 272 g/mol. The molecule has 2 unspecified atom stereocenters. The zero-order valence-corrected chi connectivity index (χ0v) is 11.7. The van der Waals surface area contributed by atoms with Crippen LogP contribution in [0, 0.1) is 17.8 Å². The third kappa shape index (κ3) is 3.82. The summed E-state index contributed by atoms with van der Waals surface area (Å²) in [4.78, 5) is 16.3. The molecule has 2 atom stereocenters. The second-order valence-corrected chi connectivity index (χ2v) is 5.29. The van der Waals surface area contributed by atoms with E-state index in [2.05, 4.69) is 29.1 Å². The molecule has 106 valence electrons. The largest absolute Gasteiger partial charge is 0.395 e. The van der Waals surface area contributed by atoms with Gasteiger partial charge in [-0.3, -0.25) is 9.78 Å². The zero-order valence-electron chi connectivity index (χ0n) is 11.7. The van der Waals surface area contributed by atoms with Crippen LogP contribution in [0.1, 0.15) is 48.5 Å². The normalized spacial score (nSPS) is 21.1. The number of carbonyl (C=O) groups is 1. The van der Waals surface area contributed by atoms with E-state index in [0.29, 0.717) is 23.5 Å². The van der Waals surface area contributed by atoms with Gasteiger partial charge in [0.15, 0.2) is 0 Å². The molecule has 1 aromatic heterocycles. The summed E-state index contributed by atoms with van der Waals surface area (Å²) in [5, 5.41) is 11.8. The van der Waals surface area contributed by atoms with E-state index in [9.17, 15) is 4.79 Å². The van der Waals surface area contributed by atoms with Gasteiger partial charge in [0.05, 0.1) is 17.7 Å². The van der Waals surface area contributed by atoms with E-state index in [1.54, 1.807) is 18.5 Å². The predicted molar refractivity (Wildman–Crippen MR) is 77.1 cm³/mol. The fraction of sp³-hybridized carbons (Fsp3) is 0.500. The Morgan fingerprint density at radius 2 is 2.40 bits per heavy atom. The van der Waals surface area contributed by atoms with Crippen LogP contribution in [0.15, 0.2) is 18.5 Å². The van der Waals surface area contributed by atoms with Crippen molar-refractivity contribution in [3.8, 4) is 11.8 Å². The molecule has 0 aliphatic heterocycles. The molecule has 1 amide bonds. The highest BCUT2D eigenvalue weighted by Crippen LogP contribution is 2.24. The highest BCUT2D eigenvalue weighted by atomic mass is 16.2. The van der Waals surface area contributed by atoms with Gasteiger partial charge in [-0.1, -0.05) is 18.8 Å². The van der Waals surface area contributed by atoms with E-state index in [-0.39, 0.29) is 18.6 Å². The number of hydrogen-bond acceptors (Lipinski definition) is 3. The minimum absolute atomic E-state index is 0.0226. The number of pyridine rings is 1. The van der Waals surface area contributed by atoms with Crippen LogP contribution in [0.3, 0.4) is 0 Å². The van der Waals surface area contributed by atoms with Crippen LogP contribution in [-0.2, 0) is 0 Å². The number of nitrogens with zero attached hydrogens (tertiary/aromatic N) is 1. The SMILES string of the molecule is CC1CCC(NC(=O)c2ccncc2C#CCCO)C1. The van der Waals surface area contributed by atoms with Crippen LogP contribution < -0.4 is 5.32 Å². The van der Waals surface area contributed by atoms with Gasteiger partial charge < -0.3 is 10.4 Å². The Morgan fingerprint density at radius 1 is 1.55 bits per heavy atom. The van der Waals surface area contributed by atoms with Crippen molar-refractivity contribution in [2.75, 3.05) is 6.61 Å². The number of rotatable bonds is 3. The van der Waals surface area contributed by atoms with Gasteiger partial charge in [-0.05, 0) is 31.2 Å². The smallest absolute Gasteiger partial charge is 0.252 e. The van der Waals surface area contributed by atoms with Gasteiger partial charge in [0.2, 0.25) is 0 Å². The minimum Gasteiger partial charge on any atom is -0.395 e. The van der Waals surface area contributed by atoms with Crippen LogP contribution in [0.25, 0.3) is 0 Å². The monoisotopic (exact) mass is 272 g/mol. The molecule has 20 heavy (non-hydrogen) atoms. The minimum atomic E-state index is -0.0835. The molecule has 2 N–H and O–H groups in total. The first kappa shape index (κ1) is 14.5. The molecule has 0 saturated heterocycles. The Bertz CT molecular complexity index is 531. The molecule has 1 aliphatic rings. The second-order valence-electron chi connectivity index (χ2n) is 5.29. The van der Waals surface area contributed by atoms with Crippen molar-refractivity contribution >= 4 is 5.91 Å². The third-order valence-corrected chi connectivity index (χ3v) is 3.56. The second kappa shape index (κ2) is 7.06. The third-order valence-electron chi connectivity index (χ3n) is 3.56. The number of aliphatic hydroxyl groups excluding tert-OH is 1. The summed E-state index contributed by atoms with van der Waals surface area (Å²) in [5.74, 6) is 6.32. The summed E-state index contributed by atoms with van der Waals surface area (Å²) in [7, 11) is 0. The van der Waals surface area contributed by atoms with Crippen LogP contribution in [0.2, 0.25) is 0 Å². The lowest BCUT2D eigenvalue weighted by Crippen LogP contribution is -2.33. The van der Waals surface area contributed by atoms with E-state index in [1.165, 1.54) is 6.42 Å². The van der Waals surface area contributed by atoms with Crippen molar-refractivity contribution in [3.05, 3.63) is 29.6 Å². The van der Waals surface area contributed by atoms with Crippen molar-refractivity contribution in [1.82, 2.24) is 10.3 Å². The maximum absolute atomic E-state index is 12.3. The lowest BCUT2D eigenvalue weighted by atomic mass is 10.1. The fourth-order valence-electron chi connectivity index (χ4n) is 2.51. The Labute approximate surface area is 119 Å². The quantitative estimate of drug-likeness (QED) is 0.824. The summed E-state index contributed by atoms with van der Waals surface area (Å²) < 4.78 is 0. The van der Waals surface area contributed by atoms with Gasteiger partial charge in [0, 0.05) is 24.9 Å². The van der Waals surface area contributed by atoms with Crippen molar-refractivity contribution in [2.24, 2.45) is 5.92 Å². The summed E-state index contributed by atoms with van der Waals surface area (Å²) in [6.45, 7) is 2.24. The van der Waals surface area contributed by atoms with E-state index < -0.39 is 0 Å². The Hall–Kier alpha value is -1.86. The maximum atomic E-state index is 12.3. The Kier molecular flexibility index (Phi) is 5.14. The lowest BCUT2D eigenvalue weighted by molar-refractivity contribution is 0.0937. The van der Waals surface area contributed by atoms with Gasteiger partial charge in [0.25, 0.3) is 5.91 Å². The number of aromatic nitrogens is 1. The zero-order chi connectivity index (χ0) is 14.4. The summed E-state index contributed by atoms with van der Waals surface area (Å²) in [6, 6.07) is 1.96. The molecule has 0 bridgehead atoms. The van der Waals surface area contributed by atoms with E-state index in [4.69, 9.17) is 5.11 Å². The molecule has 1 heterocycles. The highest BCUT2D eigenvalue weighted by Gasteiger charge is 2.23. The van der Waals surface area contributed by atoms with E-state index >= 15 is 0 Å². The molecule has 1 fully saturated rings. The molecular formula is C16H20N2O2. The average Bonchev–Trinajstić information content (AvgIpc) is 2.85. The summed E-state index contributed by atoms with van der Waals surface area (Å²) >= 11 is 0. The molecule has 2 rings (SSSR count). The van der Waals surface area contributed by atoms with Crippen molar-refractivity contribution in [3.63, 3.8) is 0 Å². The van der Waals surface area contributed by atoms with E-state index in [1.807, 2.05) is 0 Å². The van der Waals surface area contributed by atoms with Crippen LogP contribution in [0.5, 0.6) is 0 Å². The summed E-state index contributed by atoms with van der Waals surface area (Å²) in [6.07, 6.45) is 6.85. The molecule has 1 aromatic rings. The van der Waals surface area contributed by atoms with Gasteiger partial charge in [0.1, 0.15) is 0 Å². The number of hydrogen-bond donors (Lipinski definition) is 2. The first-order valence-corrected chi connectivity index (χ1v) is 7.05. The van der Waals surface area contributed by atoms with Gasteiger partial charge in [-0.25, -0.2) is 0 Å². The molecule has 4 nitrogen and oxygen atoms in total. The predicted octanol–water partition coefficient (Wildman–Crippen LogP) is 1.73. The Balaban J connectivity index is 2.08. The standard InChI is InChI=1S/C16H20N2O2/c1-12-5-6-14(10-12)18-16(20)15-7-8-17-11-13(15)4-2-3-9-19/h7-8,11-12,14,19H,3,5-6,9-10H2,1H3,(H,18,20). The molecular weight excluding hydrogens is 252 g/mol. The molecule has 0 aromatic carbocycles. The highest BCUT2D eigenvalue weighted by molar-refractivity contribution is 5.96. The molecule has 1 aliphatic carbocycles. The first-order chi connectivity index (χ1) is 9.70.